The fourth-order valence-corrected chi connectivity index (χ4v) is 8.06. The summed E-state index contributed by atoms with van der Waals surface area (Å²) in [6.07, 6.45) is 13.4. The number of aliphatic hydroxyl groups excluding tert-OH is 1. The molecular weight excluding hydrogens is 770 g/mol. The van der Waals surface area contributed by atoms with E-state index in [0.29, 0.717) is 11.1 Å². The lowest BCUT2D eigenvalue weighted by Crippen LogP contribution is -2.32. The van der Waals surface area contributed by atoms with Crippen LogP contribution >= 0.6 is 45.2 Å². The molecule has 234 valence electrons. The van der Waals surface area contributed by atoms with Crippen molar-refractivity contribution in [2.45, 2.75) is 104 Å². The molecular formula is C38H47I2N2O2+. The molecule has 1 N–H and O–H groups in total. The average Bonchev–Trinajstić information content (AvgIpc) is 3.32. The van der Waals surface area contributed by atoms with Gasteiger partial charge in [0.1, 0.15) is 12.3 Å². The van der Waals surface area contributed by atoms with Crippen molar-refractivity contribution in [2.75, 3.05) is 18.0 Å². The normalized spacial score (nSPS) is 20.2. The molecule has 3 aliphatic rings. The number of unbranched alkanes of at least 4 members (excludes halogenated alkanes) is 6. The molecule has 0 aromatic heterocycles. The van der Waals surface area contributed by atoms with Gasteiger partial charge in [0.2, 0.25) is 11.5 Å². The maximum Gasteiger partial charge on any atom is 0.209 e. The molecule has 5 rings (SSSR count). The van der Waals surface area contributed by atoms with Crippen LogP contribution in [0.15, 0.2) is 71.2 Å². The number of carbonyl (C=O) groups is 1. The zero-order chi connectivity index (χ0) is 31.8. The first-order valence-corrected chi connectivity index (χ1v) is 18.5. The van der Waals surface area contributed by atoms with Gasteiger partial charge in [0.15, 0.2) is 5.71 Å². The predicted molar refractivity (Wildman–Crippen MR) is 201 cm³/mol. The van der Waals surface area contributed by atoms with Gasteiger partial charge in [0, 0.05) is 54.6 Å². The Labute approximate surface area is 291 Å². The zero-order valence-electron chi connectivity index (χ0n) is 27.2. The zero-order valence-corrected chi connectivity index (χ0v) is 31.5. The van der Waals surface area contributed by atoms with Gasteiger partial charge >= 0.3 is 0 Å². The largest absolute Gasteiger partial charge is 0.506 e. The first-order valence-electron chi connectivity index (χ1n) is 16.4. The Kier molecular flexibility index (Phi) is 10.2. The van der Waals surface area contributed by atoms with Gasteiger partial charge in [-0.3, -0.25) is 4.79 Å². The Bertz CT molecular complexity index is 1590. The summed E-state index contributed by atoms with van der Waals surface area (Å²) in [5.41, 5.74) is 7.49. The van der Waals surface area contributed by atoms with E-state index < -0.39 is 0 Å². The van der Waals surface area contributed by atoms with Crippen LogP contribution in [0.4, 0.5) is 11.4 Å². The highest BCUT2D eigenvalue weighted by Gasteiger charge is 2.47. The topological polar surface area (TPSA) is 43.5 Å². The molecule has 0 bridgehead atoms. The Hall–Kier alpha value is -1.94. The van der Waals surface area contributed by atoms with Gasteiger partial charge in [-0.2, -0.15) is 4.58 Å². The predicted octanol–water partition coefficient (Wildman–Crippen LogP) is 10.4. The first-order chi connectivity index (χ1) is 20.9. The summed E-state index contributed by atoms with van der Waals surface area (Å²) in [6.45, 7) is 15.2. The summed E-state index contributed by atoms with van der Waals surface area (Å²) in [5.74, 6) is 0.0524. The first kappa shape index (κ1) is 33.4. The summed E-state index contributed by atoms with van der Waals surface area (Å²) in [5, 5.41) is 11.5. The van der Waals surface area contributed by atoms with Crippen LogP contribution in [0.3, 0.4) is 0 Å². The van der Waals surface area contributed by atoms with Crippen LogP contribution in [0.25, 0.3) is 0 Å². The lowest BCUT2D eigenvalue weighted by molar-refractivity contribution is -0.438. The summed E-state index contributed by atoms with van der Waals surface area (Å²) in [7, 11) is 0. The van der Waals surface area contributed by atoms with E-state index in [4.69, 9.17) is 0 Å². The Balaban J connectivity index is 1.53. The minimum atomic E-state index is -0.273. The van der Waals surface area contributed by atoms with Crippen LogP contribution < -0.4 is 4.90 Å². The Morgan fingerprint density at radius 2 is 1.45 bits per heavy atom. The van der Waals surface area contributed by atoms with Crippen molar-refractivity contribution < 1.29 is 14.5 Å². The molecule has 0 fully saturated rings. The van der Waals surface area contributed by atoms with Crippen LogP contribution in [0.5, 0.6) is 0 Å². The van der Waals surface area contributed by atoms with E-state index in [1.807, 2.05) is 12.2 Å². The quantitative estimate of drug-likeness (QED) is 0.100. The smallest absolute Gasteiger partial charge is 0.209 e. The number of anilines is 1. The van der Waals surface area contributed by atoms with Crippen molar-refractivity contribution in [2.24, 2.45) is 0 Å². The lowest BCUT2D eigenvalue weighted by Gasteiger charge is -2.29. The highest BCUT2D eigenvalue weighted by molar-refractivity contribution is 14.1. The number of Topliss-reactive ketones (excluding diaryl/α,β-unsaturated/α-hetero) is 1. The maximum absolute atomic E-state index is 13.9. The van der Waals surface area contributed by atoms with Gasteiger partial charge in [0.05, 0.1) is 16.6 Å². The third-order valence-electron chi connectivity index (χ3n) is 9.74. The SMILES string of the molecule is CCCCCCN1/C(=C/C2=C(O)C(=C\C3=[N+](CCCCCC)c4ccc(I)cc4C3(C)C)/C2=O)C(C)(C)c2cc(I)ccc21. The molecule has 0 unspecified atom stereocenters. The van der Waals surface area contributed by atoms with Crippen molar-refractivity contribution in [3.63, 3.8) is 0 Å². The van der Waals surface area contributed by atoms with Gasteiger partial charge < -0.3 is 10.0 Å². The van der Waals surface area contributed by atoms with E-state index in [1.165, 1.54) is 68.2 Å². The van der Waals surface area contributed by atoms with Crippen molar-refractivity contribution in [3.8, 4) is 0 Å². The van der Waals surface area contributed by atoms with Gasteiger partial charge in [-0.15, -0.1) is 0 Å². The third kappa shape index (κ3) is 6.10. The monoisotopic (exact) mass is 817 g/mol. The number of hydrogen-bond donors (Lipinski definition) is 1. The molecule has 4 nitrogen and oxygen atoms in total. The summed E-state index contributed by atoms with van der Waals surface area (Å²) in [4.78, 5) is 16.2. The minimum Gasteiger partial charge on any atom is -0.506 e. The van der Waals surface area contributed by atoms with Crippen molar-refractivity contribution in [1.82, 2.24) is 0 Å². The highest BCUT2D eigenvalue weighted by Crippen LogP contribution is 2.50. The summed E-state index contributed by atoms with van der Waals surface area (Å²) in [6, 6.07) is 13.3. The van der Waals surface area contributed by atoms with Crippen LogP contribution in [-0.4, -0.2) is 34.3 Å². The molecule has 2 heterocycles. The molecule has 2 aromatic rings. The molecule has 1 aliphatic carbocycles. The van der Waals surface area contributed by atoms with Crippen molar-refractivity contribution in [3.05, 3.63) is 89.4 Å². The van der Waals surface area contributed by atoms with Gasteiger partial charge in [-0.05, 0) is 114 Å². The van der Waals surface area contributed by atoms with Crippen LogP contribution in [0, 0.1) is 7.14 Å². The minimum absolute atomic E-state index is 0.0676. The van der Waals surface area contributed by atoms with E-state index in [1.54, 1.807) is 0 Å². The van der Waals surface area contributed by atoms with E-state index in [2.05, 4.69) is 133 Å². The number of halogens is 2. The summed E-state index contributed by atoms with van der Waals surface area (Å²) >= 11 is 4.77. The van der Waals surface area contributed by atoms with Gasteiger partial charge in [-0.1, -0.05) is 59.8 Å². The second kappa shape index (κ2) is 13.4. The molecule has 0 radical (unpaired) electrons. The van der Waals surface area contributed by atoms with Crippen LogP contribution in [0.1, 0.15) is 104 Å². The van der Waals surface area contributed by atoms with E-state index >= 15 is 0 Å². The number of aliphatic hydroxyl groups is 1. The van der Waals surface area contributed by atoms with E-state index in [9.17, 15) is 9.90 Å². The number of nitrogens with zero attached hydrogens (tertiary/aromatic N) is 2. The van der Waals surface area contributed by atoms with Crippen molar-refractivity contribution in [1.29, 1.82) is 0 Å². The molecule has 6 heteroatoms. The van der Waals surface area contributed by atoms with Crippen LogP contribution in [-0.2, 0) is 15.6 Å². The molecule has 0 amide bonds. The lowest BCUT2D eigenvalue weighted by atomic mass is 9.77. The van der Waals surface area contributed by atoms with Crippen molar-refractivity contribution >= 4 is 68.1 Å². The number of hydrogen-bond acceptors (Lipinski definition) is 3. The van der Waals surface area contributed by atoms with Gasteiger partial charge in [-0.25, -0.2) is 0 Å². The van der Waals surface area contributed by atoms with Crippen LogP contribution in [0.2, 0.25) is 0 Å². The van der Waals surface area contributed by atoms with Gasteiger partial charge in [0.25, 0.3) is 0 Å². The Morgan fingerprint density at radius 1 is 0.818 bits per heavy atom. The standard InChI is InChI=1S/C38H46I2N2O2/c1-7-9-11-13-19-41-31-17-15-25(39)21-29(31)37(3,4)33(41)23-27-35(43)28(36(27)44)24-34-38(5,6)30-22-26(40)16-18-32(30)42(34)20-14-12-10-8-2/h15-18,21-24H,7-14,19-20H2,1-6H3/p+1. The fraction of sp³-hybridized carbons (Fsp3) is 0.474. The molecule has 2 aliphatic heterocycles. The number of rotatable bonds is 12. The number of benzene rings is 2. The maximum atomic E-state index is 13.9. The fourth-order valence-electron chi connectivity index (χ4n) is 7.07. The number of carbonyl (C=O) groups excluding carboxylic acids is 1. The number of fused-ring (bicyclic) bond motifs is 2. The second-order valence-corrected chi connectivity index (χ2v) is 16.1. The molecule has 44 heavy (non-hydrogen) atoms. The second-order valence-electron chi connectivity index (χ2n) is 13.6. The average molecular weight is 818 g/mol. The summed E-state index contributed by atoms with van der Waals surface area (Å²) < 4.78 is 4.81. The molecule has 0 saturated carbocycles. The third-order valence-corrected chi connectivity index (χ3v) is 11.1. The van der Waals surface area contributed by atoms with E-state index in [0.717, 1.165) is 37.3 Å². The molecule has 2 aromatic carbocycles. The highest BCUT2D eigenvalue weighted by atomic mass is 127. The number of allylic oxidation sites excluding steroid dienone is 5. The molecule has 0 atom stereocenters. The Morgan fingerprint density at radius 3 is 2.11 bits per heavy atom. The molecule has 0 saturated heterocycles. The molecule has 0 spiro atoms. The number of ketones is 1. The van der Waals surface area contributed by atoms with E-state index in [-0.39, 0.29) is 22.4 Å².